The quantitative estimate of drug-likeness (QED) is 0.841. The number of benzene rings is 1. The summed E-state index contributed by atoms with van der Waals surface area (Å²) in [5.41, 5.74) is 0.207. The lowest BCUT2D eigenvalue weighted by Gasteiger charge is -2.06. The number of aryl methyl sites for hydroxylation is 1. The number of aliphatic carboxylic acids is 1. The van der Waals surface area contributed by atoms with Gasteiger partial charge in [0.25, 0.3) is 0 Å². The Labute approximate surface area is 92.9 Å². The first-order valence-corrected chi connectivity index (χ1v) is 5.23. The molecular weight excluding hydrogens is 214 g/mol. The molecule has 1 rings (SSSR count). The number of carboxylic acid groups (broad SMARTS) is 1. The van der Waals surface area contributed by atoms with E-state index in [1.54, 1.807) is 0 Å². The van der Waals surface area contributed by atoms with E-state index in [1.807, 2.05) is 6.92 Å². The normalized spacial score (nSPS) is 10.4. The Morgan fingerprint density at radius 1 is 1.25 bits per heavy atom. The van der Waals surface area contributed by atoms with E-state index in [0.29, 0.717) is 12.0 Å². The number of rotatable bonds is 5. The van der Waals surface area contributed by atoms with Gasteiger partial charge >= 0.3 is 5.97 Å². The zero-order chi connectivity index (χ0) is 12.1. The summed E-state index contributed by atoms with van der Waals surface area (Å²) in [6, 6.07) is 2.81. The van der Waals surface area contributed by atoms with E-state index in [1.165, 1.54) is 12.1 Å². The lowest BCUT2D eigenvalue weighted by molar-refractivity contribution is -0.136. The third-order valence-corrected chi connectivity index (χ3v) is 2.38. The van der Waals surface area contributed by atoms with E-state index in [2.05, 4.69) is 0 Å². The Morgan fingerprint density at radius 3 is 2.38 bits per heavy atom. The molecule has 1 N–H and O–H groups in total. The summed E-state index contributed by atoms with van der Waals surface area (Å²) in [6.07, 6.45) is 1.68. The first-order chi connectivity index (χ1) is 7.56. The van der Waals surface area contributed by atoms with Crippen molar-refractivity contribution in [3.8, 4) is 0 Å². The lowest BCUT2D eigenvalue weighted by atomic mass is 10.0. The third-order valence-electron chi connectivity index (χ3n) is 2.38. The Hall–Kier alpha value is -1.45. The molecule has 4 heteroatoms. The van der Waals surface area contributed by atoms with Gasteiger partial charge in [0.15, 0.2) is 11.6 Å². The molecule has 0 heterocycles. The Kier molecular flexibility index (Phi) is 4.40. The van der Waals surface area contributed by atoms with Gasteiger partial charge in [0.2, 0.25) is 0 Å². The first-order valence-electron chi connectivity index (χ1n) is 5.23. The molecule has 0 unspecified atom stereocenters. The number of halogens is 2. The van der Waals surface area contributed by atoms with Gasteiger partial charge in [-0.15, -0.1) is 0 Å². The van der Waals surface area contributed by atoms with E-state index < -0.39 is 24.0 Å². The molecule has 16 heavy (non-hydrogen) atoms. The Morgan fingerprint density at radius 2 is 1.81 bits per heavy atom. The Balaban J connectivity index is 2.93. The molecule has 0 atom stereocenters. The van der Waals surface area contributed by atoms with Gasteiger partial charge in [0, 0.05) is 5.56 Å². The minimum Gasteiger partial charge on any atom is -0.481 e. The van der Waals surface area contributed by atoms with Crippen LogP contribution in [0.4, 0.5) is 8.78 Å². The maximum Gasteiger partial charge on any atom is 0.307 e. The second kappa shape index (κ2) is 5.58. The second-order valence-corrected chi connectivity index (χ2v) is 3.69. The molecule has 1 aromatic carbocycles. The average Bonchev–Trinajstić information content (AvgIpc) is 2.23. The van der Waals surface area contributed by atoms with Gasteiger partial charge in [-0.05, 0) is 18.4 Å². The van der Waals surface area contributed by atoms with Crippen molar-refractivity contribution in [1.82, 2.24) is 0 Å². The van der Waals surface area contributed by atoms with Crippen molar-refractivity contribution in [3.63, 3.8) is 0 Å². The lowest BCUT2D eigenvalue weighted by Crippen LogP contribution is -2.06. The van der Waals surface area contributed by atoms with Crippen LogP contribution >= 0.6 is 0 Å². The number of hydrogen-bond acceptors (Lipinski definition) is 1. The molecule has 0 spiro atoms. The summed E-state index contributed by atoms with van der Waals surface area (Å²) in [4.78, 5) is 10.4. The van der Waals surface area contributed by atoms with Gasteiger partial charge < -0.3 is 5.11 Å². The summed E-state index contributed by atoms with van der Waals surface area (Å²) in [6.45, 7) is 1.97. The van der Waals surface area contributed by atoms with Crippen LogP contribution in [0.25, 0.3) is 0 Å². The summed E-state index contributed by atoms with van der Waals surface area (Å²) in [5, 5.41) is 8.50. The molecule has 1 aromatic rings. The fourth-order valence-corrected chi connectivity index (χ4v) is 1.49. The van der Waals surface area contributed by atoms with Gasteiger partial charge in [0.05, 0.1) is 6.42 Å². The van der Waals surface area contributed by atoms with Crippen LogP contribution in [-0.2, 0) is 17.6 Å². The molecule has 0 fully saturated rings. The zero-order valence-corrected chi connectivity index (χ0v) is 9.09. The number of carboxylic acids is 1. The van der Waals surface area contributed by atoms with Gasteiger partial charge in [-0.2, -0.15) is 0 Å². The van der Waals surface area contributed by atoms with Crippen molar-refractivity contribution in [2.24, 2.45) is 0 Å². The highest BCUT2D eigenvalue weighted by Crippen LogP contribution is 2.18. The average molecular weight is 228 g/mol. The van der Waals surface area contributed by atoms with Crippen LogP contribution in [0, 0.1) is 11.6 Å². The third kappa shape index (κ3) is 3.02. The van der Waals surface area contributed by atoms with Crippen LogP contribution in [-0.4, -0.2) is 11.1 Å². The van der Waals surface area contributed by atoms with Crippen LogP contribution in [0.15, 0.2) is 12.1 Å². The molecule has 0 aromatic heterocycles. The van der Waals surface area contributed by atoms with Crippen LogP contribution in [0.5, 0.6) is 0 Å². The summed E-state index contributed by atoms with van der Waals surface area (Å²) in [5.74, 6) is -3.11. The molecule has 0 saturated carbocycles. The summed E-state index contributed by atoms with van der Waals surface area (Å²) in [7, 11) is 0. The SMILES string of the molecule is CCCCc1ccc(CC(=O)O)c(F)c1F. The predicted octanol–water partition coefficient (Wildman–Crippen LogP) is 2.93. The topological polar surface area (TPSA) is 37.3 Å². The predicted molar refractivity (Wildman–Crippen MR) is 56.3 cm³/mol. The number of hydrogen-bond donors (Lipinski definition) is 1. The van der Waals surface area contributed by atoms with Gasteiger partial charge in [-0.25, -0.2) is 8.78 Å². The van der Waals surface area contributed by atoms with Crippen molar-refractivity contribution in [2.75, 3.05) is 0 Å². The van der Waals surface area contributed by atoms with E-state index in [9.17, 15) is 13.6 Å². The fourth-order valence-electron chi connectivity index (χ4n) is 1.49. The number of unbranched alkanes of at least 4 members (excludes halogenated alkanes) is 1. The molecule has 0 radical (unpaired) electrons. The highest BCUT2D eigenvalue weighted by Gasteiger charge is 2.14. The van der Waals surface area contributed by atoms with Crippen molar-refractivity contribution in [1.29, 1.82) is 0 Å². The van der Waals surface area contributed by atoms with E-state index in [4.69, 9.17) is 5.11 Å². The highest BCUT2D eigenvalue weighted by molar-refractivity contribution is 5.70. The van der Waals surface area contributed by atoms with Crippen molar-refractivity contribution in [3.05, 3.63) is 34.9 Å². The minimum absolute atomic E-state index is 0.106. The molecule has 0 aliphatic heterocycles. The maximum absolute atomic E-state index is 13.5. The van der Waals surface area contributed by atoms with Gasteiger partial charge in [-0.3, -0.25) is 4.79 Å². The molecular formula is C12H14F2O2. The Bertz CT molecular complexity index is 389. The molecule has 0 amide bonds. The van der Waals surface area contributed by atoms with E-state index >= 15 is 0 Å². The highest BCUT2D eigenvalue weighted by atomic mass is 19.2. The minimum atomic E-state index is -1.17. The molecule has 0 aliphatic carbocycles. The summed E-state index contributed by atoms with van der Waals surface area (Å²) < 4.78 is 26.9. The fraction of sp³-hybridized carbons (Fsp3) is 0.417. The van der Waals surface area contributed by atoms with Gasteiger partial charge in [-0.1, -0.05) is 25.5 Å². The van der Waals surface area contributed by atoms with Crippen molar-refractivity contribution >= 4 is 5.97 Å². The van der Waals surface area contributed by atoms with E-state index in [0.717, 1.165) is 12.8 Å². The van der Waals surface area contributed by atoms with Gasteiger partial charge in [0.1, 0.15) is 0 Å². The maximum atomic E-state index is 13.5. The molecule has 0 bridgehead atoms. The molecule has 2 nitrogen and oxygen atoms in total. The molecule has 0 saturated heterocycles. The smallest absolute Gasteiger partial charge is 0.307 e. The van der Waals surface area contributed by atoms with Crippen molar-refractivity contribution < 1.29 is 18.7 Å². The van der Waals surface area contributed by atoms with Crippen LogP contribution in [0.2, 0.25) is 0 Å². The van der Waals surface area contributed by atoms with E-state index in [-0.39, 0.29) is 5.56 Å². The van der Waals surface area contributed by atoms with Crippen molar-refractivity contribution in [2.45, 2.75) is 32.6 Å². The zero-order valence-electron chi connectivity index (χ0n) is 9.09. The molecule has 0 aliphatic rings. The second-order valence-electron chi connectivity index (χ2n) is 3.69. The number of carbonyl (C=O) groups is 1. The van der Waals surface area contributed by atoms with Crippen LogP contribution < -0.4 is 0 Å². The largest absolute Gasteiger partial charge is 0.481 e. The molecule has 88 valence electrons. The summed E-state index contributed by atoms with van der Waals surface area (Å²) >= 11 is 0. The van der Waals surface area contributed by atoms with Crippen LogP contribution in [0.1, 0.15) is 30.9 Å². The first kappa shape index (κ1) is 12.6. The standard InChI is InChI=1S/C12H14F2O2/c1-2-3-4-8-5-6-9(7-10(15)16)12(14)11(8)13/h5-6H,2-4,7H2,1H3,(H,15,16). The monoisotopic (exact) mass is 228 g/mol. The van der Waals surface area contributed by atoms with Crippen LogP contribution in [0.3, 0.4) is 0 Å².